The minimum absolute atomic E-state index is 0.164. The zero-order valence-electron chi connectivity index (χ0n) is 15.0. The number of pyridine rings is 3. The molecular formula is C20H19N3O4. The van der Waals surface area contributed by atoms with Crippen molar-refractivity contribution >= 4 is 17.5 Å². The lowest BCUT2D eigenvalue weighted by atomic mass is 9.95. The fourth-order valence-electron chi connectivity index (χ4n) is 3.69. The number of nitrogens with zero attached hydrogens (tertiary/aromatic N) is 2. The summed E-state index contributed by atoms with van der Waals surface area (Å²) in [4.78, 5) is 27.9. The van der Waals surface area contributed by atoms with Gasteiger partial charge in [-0.15, -0.1) is 0 Å². The maximum Gasteiger partial charge on any atom is 0.511 e. The molecule has 0 unspecified atom stereocenters. The van der Waals surface area contributed by atoms with E-state index in [0.717, 1.165) is 46.2 Å². The maximum absolute atomic E-state index is 12.8. The molecule has 0 amide bonds. The number of fused-ring (bicyclic) bond motifs is 1. The number of nitrogens with two attached hydrogens (primary N) is 1. The first-order valence-corrected chi connectivity index (χ1v) is 8.69. The summed E-state index contributed by atoms with van der Waals surface area (Å²) in [5.74, 6) is 0.582. The lowest BCUT2D eigenvalue weighted by Gasteiger charge is -2.18. The summed E-state index contributed by atoms with van der Waals surface area (Å²) in [6.07, 6.45) is 3.97. The van der Waals surface area contributed by atoms with Gasteiger partial charge in [-0.2, -0.15) is 0 Å². The summed E-state index contributed by atoms with van der Waals surface area (Å²) in [7, 11) is 0. The fraction of sp³-hybridized carbons (Fsp3) is 0.250. The number of carboxylic acid groups (broad SMARTS) is 1. The van der Waals surface area contributed by atoms with E-state index in [1.807, 2.05) is 19.9 Å². The van der Waals surface area contributed by atoms with Gasteiger partial charge in [0.15, 0.2) is 5.75 Å². The van der Waals surface area contributed by atoms with E-state index >= 15 is 0 Å². The standard InChI is InChI=1S/C20H19N3O4/c1-10-9-23-18(11(2)17(10)13-5-6-16(21)22-8-13)14(12-3-4-12)7-15(19(23)24)27-20(25)26/h5-9,12H,3-4H2,1-2H3,(H2,21,22)(H,25,26). The van der Waals surface area contributed by atoms with Crippen LogP contribution in [0.5, 0.6) is 5.75 Å². The van der Waals surface area contributed by atoms with Crippen LogP contribution < -0.4 is 16.0 Å². The third kappa shape index (κ3) is 2.91. The van der Waals surface area contributed by atoms with Crippen LogP contribution >= 0.6 is 0 Å². The van der Waals surface area contributed by atoms with Gasteiger partial charge >= 0.3 is 6.16 Å². The second kappa shape index (κ2) is 6.12. The lowest BCUT2D eigenvalue weighted by molar-refractivity contribution is 0.143. The number of hydrogen-bond acceptors (Lipinski definition) is 5. The highest BCUT2D eigenvalue weighted by Gasteiger charge is 2.29. The second-order valence-electron chi connectivity index (χ2n) is 6.91. The van der Waals surface area contributed by atoms with Crippen LogP contribution in [0, 0.1) is 13.8 Å². The Bertz CT molecular complexity index is 1130. The molecule has 0 bridgehead atoms. The van der Waals surface area contributed by atoms with Crippen molar-refractivity contribution in [2.45, 2.75) is 32.6 Å². The number of rotatable bonds is 3. The average Bonchev–Trinajstić information content (AvgIpc) is 3.44. The monoisotopic (exact) mass is 365 g/mol. The van der Waals surface area contributed by atoms with E-state index in [1.165, 1.54) is 4.40 Å². The van der Waals surface area contributed by atoms with E-state index in [-0.39, 0.29) is 5.75 Å². The van der Waals surface area contributed by atoms with E-state index < -0.39 is 11.7 Å². The average molecular weight is 365 g/mol. The highest BCUT2D eigenvalue weighted by molar-refractivity contribution is 5.80. The van der Waals surface area contributed by atoms with Crippen molar-refractivity contribution in [2.24, 2.45) is 0 Å². The maximum atomic E-state index is 12.8. The first kappa shape index (κ1) is 17.1. The molecule has 0 atom stereocenters. The van der Waals surface area contributed by atoms with Crippen LogP contribution in [-0.2, 0) is 0 Å². The van der Waals surface area contributed by atoms with E-state index in [2.05, 4.69) is 4.98 Å². The van der Waals surface area contributed by atoms with Crippen molar-refractivity contribution in [3.63, 3.8) is 0 Å². The van der Waals surface area contributed by atoms with Crippen LogP contribution in [-0.4, -0.2) is 20.6 Å². The minimum atomic E-state index is -1.49. The number of hydrogen-bond donors (Lipinski definition) is 2. The van der Waals surface area contributed by atoms with Gasteiger partial charge in [0, 0.05) is 18.0 Å². The summed E-state index contributed by atoms with van der Waals surface area (Å²) < 4.78 is 6.24. The Hall–Kier alpha value is -3.35. The molecule has 3 heterocycles. The first-order chi connectivity index (χ1) is 12.9. The van der Waals surface area contributed by atoms with Crippen molar-refractivity contribution in [1.82, 2.24) is 9.38 Å². The molecule has 0 saturated heterocycles. The van der Waals surface area contributed by atoms with Crippen LogP contribution in [0.4, 0.5) is 10.6 Å². The molecule has 4 rings (SSSR count). The molecule has 1 fully saturated rings. The molecule has 0 aromatic carbocycles. The molecule has 0 spiro atoms. The molecular weight excluding hydrogens is 346 g/mol. The summed E-state index contributed by atoms with van der Waals surface area (Å²) in [6, 6.07) is 5.23. The number of ether oxygens (including phenoxy) is 1. The number of aryl methyl sites for hydroxylation is 2. The van der Waals surface area contributed by atoms with E-state index in [4.69, 9.17) is 15.6 Å². The minimum Gasteiger partial charge on any atom is -0.449 e. The van der Waals surface area contributed by atoms with Crippen molar-refractivity contribution < 1.29 is 14.6 Å². The van der Waals surface area contributed by atoms with Gasteiger partial charge in [-0.05, 0) is 73.1 Å². The third-order valence-electron chi connectivity index (χ3n) is 4.97. The zero-order valence-corrected chi connectivity index (χ0v) is 15.0. The van der Waals surface area contributed by atoms with Crippen molar-refractivity contribution in [3.05, 3.63) is 57.6 Å². The van der Waals surface area contributed by atoms with Gasteiger partial charge in [-0.1, -0.05) is 0 Å². The molecule has 3 aromatic rings. The molecule has 1 saturated carbocycles. The number of nitrogen functional groups attached to an aromatic ring is 1. The Morgan fingerprint density at radius 1 is 1.33 bits per heavy atom. The highest BCUT2D eigenvalue weighted by Crippen LogP contribution is 2.44. The lowest BCUT2D eigenvalue weighted by Crippen LogP contribution is -2.21. The topological polar surface area (TPSA) is 107 Å². The van der Waals surface area contributed by atoms with E-state index in [0.29, 0.717) is 11.7 Å². The second-order valence-corrected chi connectivity index (χ2v) is 6.91. The molecule has 7 heteroatoms. The van der Waals surface area contributed by atoms with E-state index in [1.54, 1.807) is 24.5 Å². The smallest absolute Gasteiger partial charge is 0.449 e. The van der Waals surface area contributed by atoms with Gasteiger partial charge in [-0.3, -0.25) is 9.20 Å². The Morgan fingerprint density at radius 3 is 2.67 bits per heavy atom. The SMILES string of the molecule is Cc1cn2c(=O)c(OC(=O)O)cc(C3CC3)c2c(C)c1-c1ccc(N)nc1. The summed E-state index contributed by atoms with van der Waals surface area (Å²) >= 11 is 0. The molecule has 27 heavy (non-hydrogen) atoms. The normalized spacial score (nSPS) is 13.7. The van der Waals surface area contributed by atoms with Crippen molar-refractivity contribution in [3.8, 4) is 16.9 Å². The molecule has 0 aliphatic heterocycles. The van der Waals surface area contributed by atoms with Crippen molar-refractivity contribution in [1.29, 1.82) is 0 Å². The van der Waals surface area contributed by atoms with Crippen LogP contribution in [0.2, 0.25) is 0 Å². The Balaban J connectivity index is 2.05. The van der Waals surface area contributed by atoms with Gasteiger partial charge < -0.3 is 15.6 Å². The summed E-state index contributed by atoms with van der Waals surface area (Å²) in [5, 5.41) is 8.95. The fourth-order valence-corrected chi connectivity index (χ4v) is 3.69. The van der Waals surface area contributed by atoms with Gasteiger partial charge in [0.2, 0.25) is 0 Å². The van der Waals surface area contributed by atoms with Crippen LogP contribution in [0.1, 0.15) is 35.4 Å². The molecule has 1 aliphatic carbocycles. The largest absolute Gasteiger partial charge is 0.511 e. The van der Waals surface area contributed by atoms with Crippen LogP contribution in [0.25, 0.3) is 16.6 Å². The van der Waals surface area contributed by atoms with Gasteiger partial charge in [0.1, 0.15) is 5.82 Å². The molecule has 138 valence electrons. The van der Waals surface area contributed by atoms with E-state index in [9.17, 15) is 9.59 Å². The first-order valence-electron chi connectivity index (χ1n) is 8.69. The van der Waals surface area contributed by atoms with Crippen LogP contribution in [0.3, 0.4) is 0 Å². The molecule has 3 N–H and O–H groups in total. The Labute approximate surface area is 155 Å². The highest BCUT2D eigenvalue weighted by atomic mass is 16.7. The predicted molar refractivity (Wildman–Crippen MR) is 101 cm³/mol. The van der Waals surface area contributed by atoms with Crippen LogP contribution in [0.15, 0.2) is 35.4 Å². The number of aromatic nitrogens is 2. The van der Waals surface area contributed by atoms with Crippen molar-refractivity contribution in [2.75, 3.05) is 5.73 Å². The van der Waals surface area contributed by atoms with Gasteiger partial charge in [0.05, 0.1) is 5.52 Å². The summed E-state index contributed by atoms with van der Waals surface area (Å²) in [6.45, 7) is 3.88. The molecule has 1 aliphatic rings. The predicted octanol–water partition coefficient (Wildman–Crippen LogP) is 3.49. The number of anilines is 1. The number of carbonyl (C=O) groups is 1. The molecule has 7 nitrogen and oxygen atoms in total. The quantitative estimate of drug-likeness (QED) is 0.688. The Kier molecular flexibility index (Phi) is 3.87. The van der Waals surface area contributed by atoms with Gasteiger partial charge in [-0.25, -0.2) is 9.78 Å². The molecule has 0 radical (unpaired) electrons. The summed E-state index contributed by atoms with van der Waals surface area (Å²) in [5.41, 5.74) is 10.7. The Morgan fingerprint density at radius 2 is 2.07 bits per heavy atom. The van der Waals surface area contributed by atoms with Gasteiger partial charge in [0.25, 0.3) is 5.56 Å². The third-order valence-corrected chi connectivity index (χ3v) is 4.97. The molecule has 3 aromatic heterocycles. The zero-order chi connectivity index (χ0) is 19.3.